The summed E-state index contributed by atoms with van der Waals surface area (Å²) in [6.07, 6.45) is 1.68. The molecule has 1 aromatic heterocycles. The van der Waals surface area contributed by atoms with Crippen LogP contribution in [0.1, 0.15) is 36.6 Å². The number of aryl methyl sites for hydroxylation is 1. The smallest absolute Gasteiger partial charge is 0.295 e. The molecular formula is C25H26N2O4. The molecule has 1 unspecified atom stereocenters. The maximum absolute atomic E-state index is 13.1. The normalized spacial score (nSPS) is 18.5. The van der Waals surface area contributed by atoms with Crippen molar-refractivity contribution in [3.8, 4) is 0 Å². The Morgan fingerprint density at radius 1 is 1.16 bits per heavy atom. The van der Waals surface area contributed by atoms with Gasteiger partial charge in [-0.25, -0.2) is 0 Å². The first-order valence-electron chi connectivity index (χ1n) is 10.4. The van der Waals surface area contributed by atoms with Crippen LogP contribution in [0, 0.1) is 6.92 Å². The molecule has 0 radical (unpaired) electrons. The van der Waals surface area contributed by atoms with Gasteiger partial charge in [0.15, 0.2) is 0 Å². The number of carbonyl (C=O) groups is 2. The second kappa shape index (κ2) is 8.40. The van der Waals surface area contributed by atoms with E-state index in [-0.39, 0.29) is 24.0 Å². The van der Waals surface area contributed by atoms with E-state index in [1.165, 1.54) is 4.90 Å². The van der Waals surface area contributed by atoms with Gasteiger partial charge >= 0.3 is 0 Å². The maximum atomic E-state index is 13.1. The Morgan fingerprint density at radius 3 is 2.68 bits per heavy atom. The summed E-state index contributed by atoms with van der Waals surface area (Å²) < 4.78 is 5.63. The fraction of sp³-hybridized carbons (Fsp3) is 0.280. The van der Waals surface area contributed by atoms with Crippen LogP contribution in [-0.2, 0) is 14.3 Å². The number of likely N-dealkylation sites (tertiary alicyclic amines) is 1. The molecule has 2 aromatic carbocycles. The van der Waals surface area contributed by atoms with Crippen LogP contribution in [0.4, 0.5) is 0 Å². The van der Waals surface area contributed by atoms with Crippen LogP contribution >= 0.6 is 0 Å². The number of hydrogen-bond acceptors (Lipinski definition) is 4. The van der Waals surface area contributed by atoms with E-state index in [1.54, 1.807) is 6.20 Å². The predicted octanol–water partition coefficient (Wildman–Crippen LogP) is 4.32. The summed E-state index contributed by atoms with van der Waals surface area (Å²) in [7, 11) is 0. The van der Waals surface area contributed by atoms with E-state index in [1.807, 2.05) is 69.3 Å². The Balaban J connectivity index is 1.85. The van der Waals surface area contributed by atoms with Gasteiger partial charge in [0.1, 0.15) is 5.76 Å². The van der Waals surface area contributed by atoms with Crippen molar-refractivity contribution in [3.05, 3.63) is 77.0 Å². The first kappa shape index (κ1) is 20.9. The van der Waals surface area contributed by atoms with Crippen molar-refractivity contribution in [2.45, 2.75) is 32.9 Å². The van der Waals surface area contributed by atoms with Crippen molar-refractivity contribution in [1.29, 1.82) is 0 Å². The zero-order valence-electron chi connectivity index (χ0n) is 17.9. The van der Waals surface area contributed by atoms with E-state index >= 15 is 0 Å². The summed E-state index contributed by atoms with van der Waals surface area (Å²) in [5.41, 5.74) is 3.24. The van der Waals surface area contributed by atoms with E-state index in [0.29, 0.717) is 12.2 Å². The molecule has 160 valence electrons. The summed E-state index contributed by atoms with van der Waals surface area (Å²) >= 11 is 0. The number of nitrogens with one attached hydrogen (secondary N) is 1. The Hall–Kier alpha value is -3.38. The molecule has 6 nitrogen and oxygen atoms in total. The molecule has 2 heterocycles. The van der Waals surface area contributed by atoms with Crippen LogP contribution in [0.15, 0.2) is 60.3 Å². The number of aliphatic hydroxyl groups is 1. The molecule has 6 heteroatoms. The quantitative estimate of drug-likeness (QED) is 0.355. The molecule has 1 amide bonds. The number of nitrogens with zero attached hydrogens (tertiary/aromatic N) is 1. The number of ketones is 1. The third-order valence-electron chi connectivity index (χ3n) is 5.53. The Bertz CT molecular complexity index is 1170. The standard InChI is InChI=1S/C25H26N2O4/c1-15(2)31-12-11-27-22(17-8-6-7-16(3)13-17)21(24(29)25(27)30)23(28)19-14-26-20-10-5-4-9-18(19)20/h4-10,13-15,22,26,28H,11-12H2,1-3H3/b23-21-. The van der Waals surface area contributed by atoms with Crippen molar-refractivity contribution in [2.24, 2.45) is 0 Å². The number of fused-ring (bicyclic) bond motifs is 1. The van der Waals surface area contributed by atoms with Crippen molar-refractivity contribution >= 4 is 28.4 Å². The number of para-hydroxylation sites is 1. The van der Waals surface area contributed by atoms with E-state index in [4.69, 9.17) is 4.74 Å². The molecule has 0 saturated carbocycles. The van der Waals surface area contributed by atoms with Gasteiger partial charge in [0.25, 0.3) is 11.7 Å². The number of aliphatic hydroxyl groups excluding tert-OH is 1. The lowest BCUT2D eigenvalue weighted by molar-refractivity contribution is -0.140. The highest BCUT2D eigenvalue weighted by atomic mass is 16.5. The Kier molecular flexibility index (Phi) is 5.65. The lowest BCUT2D eigenvalue weighted by Crippen LogP contribution is -2.33. The molecule has 1 saturated heterocycles. The fourth-order valence-corrected chi connectivity index (χ4v) is 4.10. The zero-order valence-corrected chi connectivity index (χ0v) is 17.9. The monoisotopic (exact) mass is 418 g/mol. The molecule has 1 aliphatic rings. The van der Waals surface area contributed by atoms with Crippen LogP contribution in [0.2, 0.25) is 0 Å². The first-order chi connectivity index (χ1) is 14.9. The number of aromatic nitrogens is 1. The highest BCUT2D eigenvalue weighted by Gasteiger charge is 2.46. The molecule has 0 aliphatic carbocycles. The van der Waals surface area contributed by atoms with E-state index in [2.05, 4.69) is 4.98 Å². The fourth-order valence-electron chi connectivity index (χ4n) is 4.10. The molecule has 3 aromatic rings. The molecule has 4 rings (SSSR count). The largest absolute Gasteiger partial charge is 0.507 e. The number of amides is 1. The molecule has 2 N–H and O–H groups in total. The second-order valence-corrected chi connectivity index (χ2v) is 8.07. The van der Waals surface area contributed by atoms with Gasteiger partial charge in [-0.05, 0) is 32.4 Å². The lowest BCUT2D eigenvalue weighted by atomic mass is 9.94. The van der Waals surface area contributed by atoms with Gasteiger partial charge in [-0.15, -0.1) is 0 Å². The predicted molar refractivity (Wildman–Crippen MR) is 120 cm³/mol. The van der Waals surface area contributed by atoms with E-state index in [0.717, 1.165) is 22.0 Å². The summed E-state index contributed by atoms with van der Waals surface area (Å²) in [6.45, 7) is 6.36. The third-order valence-corrected chi connectivity index (χ3v) is 5.53. The van der Waals surface area contributed by atoms with Gasteiger partial charge in [0, 0.05) is 29.2 Å². The minimum absolute atomic E-state index is 0.0143. The molecule has 1 fully saturated rings. The number of aromatic amines is 1. The van der Waals surface area contributed by atoms with E-state index in [9.17, 15) is 14.7 Å². The van der Waals surface area contributed by atoms with E-state index < -0.39 is 17.7 Å². The number of ether oxygens (including phenoxy) is 1. The molecule has 1 atom stereocenters. The summed E-state index contributed by atoms with van der Waals surface area (Å²) in [4.78, 5) is 30.7. The Labute approximate surface area is 181 Å². The number of rotatable bonds is 6. The van der Waals surface area contributed by atoms with Crippen LogP contribution in [0.3, 0.4) is 0 Å². The van der Waals surface area contributed by atoms with Crippen molar-refractivity contribution in [3.63, 3.8) is 0 Å². The van der Waals surface area contributed by atoms with Gasteiger partial charge in [0.05, 0.1) is 24.3 Å². The number of benzene rings is 2. The molecular weight excluding hydrogens is 392 g/mol. The maximum Gasteiger partial charge on any atom is 0.295 e. The van der Waals surface area contributed by atoms with Crippen molar-refractivity contribution in [1.82, 2.24) is 9.88 Å². The van der Waals surface area contributed by atoms with Crippen LogP contribution in [-0.4, -0.2) is 45.9 Å². The van der Waals surface area contributed by atoms with Gasteiger partial charge in [0.2, 0.25) is 0 Å². The first-order valence-corrected chi connectivity index (χ1v) is 10.4. The molecule has 0 bridgehead atoms. The van der Waals surface area contributed by atoms with Crippen LogP contribution in [0.5, 0.6) is 0 Å². The third kappa shape index (κ3) is 3.86. The number of carbonyl (C=O) groups excluding carboxylic acids is 2. The van der Waals surface area contributed by atoms with Crippen molar-refractivity contribution in [2.75, 3.05) is 13.2 Å². The second-order valence-electron chi connectivity index (χ2n) is 8.07. The molecule has 0 spiro atoms. The summed E-state index contributed by atoms with van der Waals surface area (Å²) in [5.74, 6) is -1.48. The highest BCUT2D eigenvalue weighted by Crippen LogP contribution is 2.40. The number of hydrogen-bond donors (Lipinski definition) is 2. The van der Waals surface area contributed by atoms with Gasteiger partial charge < -0.3 is 19.7 Å². The molecule has 31 heavy (non-hydrogen) atoms. The number of Topliss-reactive ketones (excluding diaryl/α,β-unsaturated/α-hetero) is 1. The van der Waals surface area contributed by atoms with Crippen molar-refractivity contribution < 1.29 is 19.4 Å². The minimum Gasteiger partial charge on any atom is -0.507 e. The van der Waals surface area contributed by atoms with Gasteiger partial charge in [-0.1, -0.05) is 48.0 Å². The summed E-state index contributed by atoms with van der Waals surface area (Å²) in [6, 6.07) is 14.5. The van der Waals surface area contributed by atoms with Gasteiger partial charge in [-0.2, -0.15) is 0 Å². The molecule has 1 aliphatic heterocycles. The average Bonchev–Trinajstić information content (AvgIpc) is 3.28. The lowest BCUT2D eigenvalue weighted by Gasteiger charge is -2.26. The van der Waals surface area contributed by atoms with Crippen LogP contribution in [0.25, 0.3) is 16.7 Å². The zero-order chi connectivity index (χ0) is 22.1. The SMILES string of the molecule is Cc1cccc(C2/C(=C(/O)c3c[nH]c4ccccc34)C(=O)C(=O)N2CCOC(C)C)c1. The topological polar surface area (TPSA) is 82.6 Å². The summed E-state index contributed by atoms with van der Waals surface area (Å²) in [5, 5.41) is 12.0. The van der Waals surface area contributed by atoms with Gasteiger partial charge in [-0.3, -0.25) is 9.59 Å². The highest BCUT2D eigenvalue weighted by molar-refractivity contribution is 6.46. The van der Waals surface area contributed by atoms with Crippen LogP contribution < -0.4 is 0 Å². The average molecular weight is 418 g/mol. The Morgan fingerprint density at radius 2 is 1.94 bits per heavy atom. The number of H-pyrrole nitrogens is 1. The minimum atomic E-state index is -0.682.